The van der Waals surface area contributed by atoms with E-state index in [1.165, 1.54) is 10.6 Å². The van der Waals surface area contributed by atoms with Crippen LogP contribution in [0.1, 0.15) is 16.1 Å². The molecule has 9 heteroatoms. The second-order valence-corrected chi connectivity index (χ2v) is 7.82. The summed E-state index contributed by atoms with van der Waals surface area (Å²) in [5, 5.41) is 2.64. The van der Waals surface area contributed by atoms with E-state index in [1.807, 2.05) is 12.1 Å². The molecule has 1 N–H and O–H groups in total. The molecule has 0 bridgehead atoms. The van der Waals surface area contributed by atoms with Crippen LogP contribution >= 0.6 is 0 Å². The van der Waals surface area contributed by atoms with Gasteiger partial charge in [0.05, 0.1) is 26.7 Å². The first kappa shape index (κ1) is 20.8. The Balaban J connectivity index is 1.94. The van der Waals surface area contributed by atoms with Crippen molar-refractivity contribution in [3.63, 3.8) is 0 Å². The molecule has 0 fully saturated rings. The Morgan fingerprint density at radius 2 is 1.89 bits per heavy atom. The summed E-state index contributed by atoms with van der Waals surface area (Å²) in [6, 6.07) is 8.61. The molecule has 1 heterocycles. The van der Waals surface area contributed by atoms with Gasteiger partial charge >= 0.3 is 0 Å². The zero-order chi connectivity index (χ0) is 19.9. The Labute approximate surface area is 159 Å². The van der Waals surface area contributed by atoms with Crippen molar-refractivity contribution in [1.82, 2.24) is 9.62 Å². The van der Waals surface area contributed by atoms with E-state index in [1.54, 1.807) is 32.4 Å². The van der Waals surface area contributed by atoms with Gasteiger partial charge in [-0.25, -0.2) is 12.7 Å². The summed E-state index contributed by atoms with van der Waals surface area (Å²) in [4.78, 5) is 11.8. The summed E-state index contributed by atoms with van der Waals surface area (Å²) < 4.78 is 40.8. The number of ether oxygens (including phenoxy) is 2. The van der Waals surface area contributed by atoms with Crippen LogP contribution in [0.15, 0.2) is 41.0 Å². The highest BCUT2D eigenvalue weighted by Crippen LogP contribution is 2.27. The van der Waals surface area contributed by atoms with E-state index < -0.39 is 10.0 Å². The van der Waals surface area contributed by atoms with E-state index in [2.05, 4.69) is 5.32 Å². The highest BCUT2D eigenvalue weighted by atomic mass is 32.2. The van der Waals surface area contributed by atoms with Crippen molar-refractivity contribution in [2.24, 2.45) is 0 Å². The number of nitrogens with zero attached hydrogens (tertiary/aromatic N) is 1. The third-order valence-electron chi connectivity index (χ3n) is 3.96. The number of carbonyl (C=O) groups is 1. The van der Waals surface area contributed by atoms with Gasteiger partial charge in [0, 0.05) is 19.6 Å². The number of benzene rings is 1. The van der Waals surface area contributed by atoms with E-state index in [0.29, 0.717) is 17.9 Å². The Bertz CT molecular complexity index is 849. The lowest BCUT2D eigenvalue weighted by molar-refractivity contribution is 0.0924. The van der Waals surface area contributed by atoms with Gasteiger partial charge in [0.25, 0.3) is 5.91 Å². The summed E-state index contributed by atoms with van der Waals surface area (Å²) in [6.45, 7) is 0.627. The van der Waals surface area contributed by atoms with Gasteiger partial charge in [-0.05, 0) is 36.2 Å². The Morgan fingerprint density at radius 3 is 2.48 bits per heavy atom. The number of rotatable bonds is 10. The molecule has 0 spiro atoms. The van der Waals surface area contributed by atoms with Crippen LogP contribution in [0.5, 0.6) is 11.5 Å². The van der Waals surface area contributed by atoms with Crippen LogP contribution in [0.3, 0.4) is 0 Å². The molecular formula is C18H24N2O6S. The zero-order valence-corrected chi connectivity index (χ0v) is 16.4. The molecule has 0 saturated heterocycles. The molecule has 0 atom stereocenters. The van der Waals surface area contributed by atoms with Crippen LogP contribution in [-0.4, -0.2) is 58.7 Å². The van der Waals surface area contributed by atoms with Crippen LogP contribution in [0.25, 0.3) is 0 Å². The summed E-state index contributed by atoms with van der Waals surface area (Å²) >= 11 is 0. The van der Waals surface area contributed by atoms with Gasteiger partial charge in [-0.2, -0.15) is 0 Å². The Hall–Kier alpha value is -2.52. The molecule has 1 aromatic carbocycles. The minimum atomic E-state index is -3.41. The van der Waals surface area contributed by atoms with Gasteiger partial charge in [0.2, 0.25) is 10.0 Å². The first-order valence-electron chi connectivity index (χ1n) is 8.33. The fraction of sp³-hybridized carbons (Fsp3) is 0.389. The number of sulfonamides is 1. The van der Waals surface area contributed by atoms with E-state index in [9.17, 15) is 13.2 Å². The van der Waals surface area contributed by atoms with Crippen molar-refractivity contribution < 1.29 is 27.1 Å². The predicted molar refractivity (Wildman–Crippen MR) is 101 cm³/mol. The molecule has 0 aliphatic rings. The monoisotopic (exact) mass is 396 g/mol. The smallest absolute Gasteiger partial charge is 0.287 e. The maximum Gasteiger partial charge on any atom is 0.287 e. The normalized spacial score (nSPS) is 11.4. The minimum absolute atomic E-state index is 0.165. The van der Waals surface area contributed by atoms with Crippen LogP contribution < -0.4 is 14.8 Å². The molecule has 0 saturated carbocycles. The SMILES string of the molecule is COc1ccc(CCN(CCNC(=O)c2ccco2)S(C)(=O)=O)cc1OC. The lowest BCUT2D eigenvalue weighted by Gasteiger charge is -2.20. The van der Waals surface area contributed by atoms with Crippen LogP contribution in [0.4, 0.5) is 0 Å². The molecule has 27 heavy (non-hydrogen) atoms. The van der Waals surface area contributed by atoms with Crippen LogP contribution in [0, 0.1) is 0 Å². The van der Waals surface area contributed by atoms with Gasteiger partial charge < -0.3 is 19.2 Å². The lowest BCUT2D eigenvalue weighted by atomic mass is 10.1. The third kappa shape index (κ3) is 6.00. The predicted octanol–water partition coefficient (Wildman–Crippen LogP) is 1.53. The average Bonchev–Trinajstić information content (AvgIpc) is 3.17. The molecule has 2 aromatic rings. The molecule has 0 aliphatic heterocycles. The van der Waals surface area contributed by atoms with Gasteiger partial charge in [0.1, 0.15) is 0 Å². The first-order chi connectivity index (χ1) is 12.8. The molecule has 1 aromatic heterocycles. The van der Waals surface area contributed by atoms with Crippen molar-refractivity contribution in [2.75, 3.05) is 40.1 Å². The Kier molecular flexibility index (Phi) is 7.26. The van der Waals surface area contributed by atoms with Crippen LogP contribution in [-0.2, 0) is 16.4 Å². The van der Waals surface area contributed by atoms with E-state index in [4.69, 9.17) is 13.9 Å². The van der Waals surface area contributed by atoms with Gasteiger partial charge in [-0.1, -0.05) is 6.07 Å². The number of nitrogens with one attached hydrogen (secondary N) is 1. The number of furan rings is 1. The molecule has 2 rings (SSSR count). The standard InChI is InChI=1S/C18H24N2O6S/c1-24-15-7-6-14(13-17(15)25-2)8-10-20(27(3,22)23)11-9-19-18(21)16-5-4-12-26-16/h4-7,12-13H,8-11H2,1-3H3,(H,19,21). The van der Waals surface area contributed by atoms with Crippen molar-refractivity contribution in [3.8, 4) is 11.5 Å². The lowest BCUT2D eigenvalue weighted by Crippen LogP contribution is -2.39. The topological polar surface area (TPSA) is 98.1 Å². The maximum atomic E-state index is 12.0. The van der Waals surface area contributed by atoms with E-state index >= 15 is 0 Å². The largest absolute Gasteiger partial charge is 0.493 e. The number of amides is 1. The molecular weight excluding hydrogens is 372 g/mol. The first-order valence-corrected chi connectivity index (χ1v) is 10.2. The quantitative estimate of drug-likeness (QED) is 0.654. The number of carbonyl (C=O) groups excluding carboxylic acids is 1. The zero-order valence-electron chi connectivity index (χ0n) is 15.6. The van der Waals surface area contributed by atoms with E-state index in [0.717, 1.165) is 11.8 Å². The number of hydrogen-bond donors (Lipinski definition) is 1. The highest BCUT2D eigenvalue weighted by Gasteiger charge is 2.17. The van der Waals surface area contributed by atoms with E-state index in [-0.39, 0.29) is 31.3 Å². The summed E-state index contributed by atoms with van der Waals surface area (Å²) in [5.74, 6) is 1.01. The van der Waals surface area contributed by atoms with Gasteiger partial charge in [-0.15, -0.1) is 0 Å². The van der Waals surface area contributed by atoms with Gasteiger partial charge in [-0.3, -0.25) is 4.79 Å². The Morgan fingerprint density at radius 1 is 1.15 bits per heavy atom. The second-order valence-electron chi connectivity index (χ2n) is 5.83. The molecule has 0 aliphatic carbocycles. The molecule has 0 unspecified atom stereocenters. The van der Waals surface area contributed by atoms with Crippen LogP contribution in [0.2, 0.25) is 0 Å². The fourth-order valence-electron chi connectivity index (χ4n) is 2.52. The third-order valence-corrected chi connectivity index (χ3v) is 5.26. The summed E-state index contributed by atoms with van der Waals surface area (Å²) in [5.41, 5.74) is 0.918. The number of hydrogen-bond acceptors (Lipinski definition) is 6. The molecule has 1 amide bonds. The number of methoxy groups -OCH3 is 2. The minimum Gasteiger partial charge on any atom is -0.493 e. The van der Waals surface area contributed by atoms with Crippen molar-refractivity contribution >= 4 is 15.9 Å². The summed E-state index contributed by atoms with van der Waals surface area (Å²) in [6.07, 6.45) is 3.05. The fourth-order valence-corrected chi connectivity index (χ4v) is 3.37. The summed E-state index contributed by atoms with van der Waals surface area (Å²) in [7, 11) is -0.309. The van der Waals surface area contributed by atoms with Gasteiger partial charge in [0.15, 0.2) is 17.3 Å². The molecule has 0 radical (unpaired) electrons. The van der Waals surface area contributed by atoms with Crippen molar-refractivity contribution in [2.45, 2.75) is 6.42 Å². The van der Waals surface area contributed by atoms with Crippen molar-refractivity contribution in [3.05, 3.63) is 47.9 Å². The molecule has 8 nitrogen and oxygen atoms in total. The van der Waals surface area contributed by atoms with Crippen molar-refractivity contribution in [1.29, 1.82) is 0 Å². The maximum absolute atomic E-state index is 12.0. The molecule has 148 valence electrons. The second kappa shape index (κ2) is 9.43. The average molecular weight is 396 g/mol. The highest BCUT2D eigenvalue weighted by molar-refractivity contribution is 7.88.